The molecule has 7 aromatic carbocycles. The van der Waals surface area contributed by atoms with Crippen molar-refractivity contribution in [2.24, 2.45) is 0 Å². The third kappa shape index (κ3) is 5.61. The molecule has 0 unspecified atom stereocenters. The molecule has 51 heavy (non-hydrogen) atoms. The summed E-state index contributed by atoms with van der Waals surface area (Å²) in [6.07, 6.45) is 6.88. The lowest BCUT2D eigenvalue weighted by Crippen LogP contribution is -2.00. The maximum absolute atomic E-state index is 6.44. The number of unbranched alkanes of at least 4 members (excludes halogenated alkanes) is 2. The third-order valence-electron chi connectivity index (χ3n) is 10.3. The van der Waals surface area contributed by atoms with Gasteiger partial charge < -0.3 is 4.42 Å². The van der Waals surface area contributed by atoms with Crippen molar-refractivity contribution in [3.63, 3.8) is 0 Å². The fraction of sp³-hybridized carbons (Fsp3) is 0.170. The molecule has 4 heteroatoms. The molecule has 0 atom stereocenters. The molecule has 0 saturated carbocycles. The van der Waals surface area contributed by atoms with Crippen LogP contribution >= 0.6 is 0 Å². The highest BCUT2D eigenvalue weighted by Gasteiger charge is 2.18. The molecule has 0 bridgehead atoms. The lowest BCUT2D eigenvalue weighted by molar-refractivity contribution is 0.669. The van der Waals surface area contributed by atoms with Crippen LogP contribution in [-0.2, 0) is 12.8 Å². The van der Waals surface area contributed by atoms with Gasteiger partial charge in [0, 0.05) is 27.5 Å². The van der Waals surface area contributed by atoms with Gasteiger partial charge in [0.1, 0.15) is 11.2 Å². The van der Waals surface area contributed by atoms with E-state index in [4.69, 9.17) is 19.4 Å². The molecule has 2 aromatic heterocycles. The van der Waals surface area contributed by atoms with Crippen LogP contribution in [0.4, 0.5) is 0 Å². The minimum absolute atomic E-state index is 0.666. The zero-order valence-corrected chi connectivity index (χ0v) is 29.1. The molecule has 0 N–H and O–H groups in total. The Bertz CT molecular complexity index is 2650. The molecule has 0 aliphatic rings. The number of rotatable bonds is 9. The van der Waals surface area contributed by atoms with Crippen LogP contribution in [0.3, 0.4) is 0 Å². The van der Waals surface area contributed by atoms with E-state index in [1.807, 2.05) is 42.5 Å². The summed E-state index contributed by atoms with van der Waals surface area (Å²) in [5.41, 5.74) is 7.68. The minimum atomic E-state index is 0.666. The Morgan fingerprint density at radius 1 is 0.392 bits per heavy atom. The number of aryl methyl sites for hydroxylation is 2. The van der Waals surface area contributed by atoms with Crippen molar-refractivity contribution in [3.05, 3.63) is 139 Å². The van der Waals surface area contributed by atoms with E-state index in [0.29, 0.717) is 17.5 Å². The van der Waals surface area contributed by atoms with Crippen LogP contribution in [-0.4, -0.2) is 15.0 Å². The summed E-state index contributed by atoms with van der Waals surface area (Å²) in [6, 6.07) is 45.1. The van der Waals surface area contributed by atoms with E-state index in [1.165, 1.54) is 69.1 Å². The molecule has 9 rings (SSSR count). The van der Waals surface area contributed by atoms with Crippen molar-refractivity contribution in [3.8, 4) is 34.2 Å². The van der Waals surface area contributed by atoms with Gasteiger partial charge in [-0.2, -0.15) is 0 Å². The Kier molecular flexibility index (Phi) is 8.00. The van der Waals surface area contributed by atoms with Gasteiger partial charge in [0.25, 0.3) is 0 Å². The van der Waals surface area contributed by atoms with Gasteiger partial charge in [-0.1, -0.05) is 130 Å². The van der Waals surface area contributed by atoms with E-state index >= 15 is 0 Å². The van der Waals surface area contributed by atoms with Crippen molar-refractivity contribution in [1.82, 2.24) is 15.0 Å². The van der Waals surface area contributed by atoms with Crippen molar-refractivity contribution in [2.45, 2.75) is 52.4 Å². The fourth-order valence-electron chi connectivity index (χ4n) is 7.63. The summed E-state index contributed by atoms with van der Waals surface area (Å²) in [4.78, 5) is 15.1. The van der Waals surface area contributed by atoms with E-state index in [-0.39, 0.29) is 0 Å². The lowest BCUT2D eigenvalue weighted by Gasteiger charge is -2.17. The molecule has 0 amide bonds. The predicted octanol–water partition coefficient (Wildman–Crippen LogP) is 12.9. The molecule has 4 nitrogen and oxygen atoms in total. The third-order valence-corrected chi connectivity index (χ3v) is 10.3. The van der Waals surface area contributed by atoms with E-state index in [0.717, 1.165) is 51.5 Å². The number of hydrogen-bond donors (Lipinski definition) is 0. The Morgan fingerprint density at radius 3 is 1.51 bits per heavy atom. The maximum atomic E-state index is 6.44. The number of nitrogens with zero attached hydrogens (tertiary/aromatic N) is 3. The molecular weight excluding hydrogens is 623 g/mol. The summed E-state index contributed by atoms with van der Waals surface area (Å²) in [6.45, 7) is 4.56. The van der Waals surface area contributed by atoms with E-state index in [9.17, 15) is 0 Å². The number of fused-ring (bicyclic) bond motifs is 9. The van der Waals surface area contributed by atoms with Crippen LogP contribution in [0.1, 0.15) is 50.7 Å². The summed E-state index contributed by atoms with van der Waals surface area (Å²) >= 11 is 0. The van der Waals surface area contributed by atoms with E-state index in [1.54, 1.807) is 0 Å². The number of aromatic nitrogens is 3. The van der Waals surface area contributed by atoms with Gasteiger partial charge in [-0.15, -0.1) is 0 Å². The van der Waals surface area contributed by atoms with Gasteiger partial charge >= 0.3 is 0 Å². The second-order valence-corrected chi connectivity index (χ2v) is 13.7. The standard InChI is InChI=1S/C47H39N3O/c1-3-5-15-32-25-38-37-27-34(47-49-45(30-17-9-7-10-18-30)48-46(50-47)31-19-11-8-12-20-31)23-24-35(37)40-28-42-36-21-13-14-22-43(36)51-44(42)29-41(40)39(38)26-33(32)16-6-4-2/h7-14,17-29H,3-6,15-16H2,1-2H3. The van der Waals surface area contributed by atoms with Crippen LogP contribution in [0.25, 0.3) is 88.4 Å². The first-order valence-electron chi connectivity index (χ1n) is 18.3. The normalized spacial score (nSPS) is 11.8. The SMILES string of the molecule is CCCCc1cc2c3cc(-c4nc(-c5ccccc5)nc(-c5ccccc5)n4)ccc3c3cc4c(cc3c2cc1CCCC)oc1ccccc14. The largest absolute Gasteiger partial charge is 0.456 e. The van der Waals surface area contributed by atoms with Crippen LogP contribution in [0.15, 0.2) is 132 Å². The van der Waals surface area contributed by atoms with Gasteiger partial charge in [-0.05, 0) is 93.4 Å². The molecule has 2 heterocycles. The highest BCUT2D eigenvalue weighted by Crippen LogP contribution is 2.42. The highest BCUT2D eigenvalue weighted by atomic mass is 16.3. The second kappa shape index (κ2) is 13.1. The number of hydrogen-bond acceptors (Lipinski definition) is 4. The van der Waals surface area contributed by atoms with Crippen LogP contribution < -0.4 is 0 Å². The van der Waals surface area contributed by atoms with Gasteiger partial charge in [0.15, 0.2) is 17.5 Å². The zero-order chi connectivity index (χ0) is 34.3. The summed E-state index contributed by atoms with van der Waals surface area (Å²) in [7, 11) is 0. The number of para-hydroxylation sites is 1. The van der Waals surface area contributed by atoms with Gasteiger partial charge in [-0.3, -0.25) is 0 Å². The average molecular weight is 662 g/mol. The first-order valence-corrected chi connectivity index (χ1v) is 18.3. The van der Waals surface area contributed by atoms with Crippen LogP contribution in [0.5, 0.6) is 0 Å². The fourth-order valence-corrected chi connectivity index (χ4v) is 7.63. The van der Waals surface area contributed by atoms with Gasteiger partial charge in [0.05, 0.1) is 0 Å². The van der Waals surface area contributed by atoms with Crippen LogP contribution in [0, 0.1) is 0 Å². The van der Waals surface area contributed by atoms with Gasteiger partial charge in [0.2, 0.25) is 0 Å². The van der Waals surface area contributed by atoms with Gasteiger partial charge in [-0.25, -0.2) is 15.0 Å². The zero-order valence-electron chi connectivity index (χ0n) is 29.1. The number of furan rings is 1. The summed E-state index contributed by atoms with van der Waals surface area (Å²) in [5.74, 6) is 2.00. The second-order valence-electron chi connectivity index (χ2n) is 13.7. The molecule has 0 aliphatic heterocycles. The molecule has 0 fully saturated rings. The van der Waals surface area contributed by atoms with Crippen molar-refractivity contribution < 1.29 is 4.42 Å². The smallest absolute Gasteiger partial charge is 0.164 e. The molecule has 9 aromatic rings. The molecule has 0 aliphatic carbocycles. The average Bonchev–Trinajstić information content (AvgIpc) is 3.56. The monoisotopic (exact) mass is 661 g/mol. The minimum Gasteiger partial charge on any atom is -0.456 e. The molecule has 0 spiro atoms. The molecule has 0 saturated heterocycles. The Balaban J connectivity index is 1.34. The first-order chi connectivity index (χ1) is 25.2. The Labute approximate surface area is 297 Å². The molecule has 248 valence electrons. The summed E-state index contributed by atoms with van der Waals surface area (Å²) < 4.78 is 6.44. The summed E-state index contributed by atoms with van der Waals surface area (Å²) in [5, 5.41) is 9.72. The first kappa shape index (κ1) is 31.1. The highest BCUT2D eigenvalue weighted by molar-refractivity contribution is 6.28. The molecular formula is C47H39N3O. The number of benzene rings is 7. The topological polar surface area (TPSA) is 51.8 Å². The predicted molar refractivity (Wildman–Crippen MR) is 213 cm³/mol. The quantitative estimate of drug-likeness (QED) is 0.144. The maximum Gasteiger partial charge on any atom is 0.164 e. The van der Waals surface area contributed by atoms with Crippen LogP contribution in [0.2, 0.25) is 0 Å². The van der Waals surface area contributed by atoms with E-state index in [2.05, 4.69) is 98.8 Å². The van der Waals surface area contributed by atoms with E-state index < -0.39 is 0 Å². The lowest BCUT2D eigenvalue weighted by atomic mass is 9.87. The Morgan fingerprint density at radius 2 is 0.902 bits per heavy atom. The van der Waals surface area contributed by atoms with Crippen molar-refractivity contribution in [2.75, 3.05) is 0 Å². The van der Waals surface area contributed by atoms with Crippen molar-refractivity contribution >= 4 is 54.3 Å². The van der Waals surface area contributed by atoms with Crippen molar-refractivity contribution in [1.29, 1.82) is 0 Å². The Hall–Kier alpha value is -5.87. The molecule has 0 radical (unpaired) electrons.